The van der Waals surface area contributed by atoms with Gasteiger partial charge < -0.3 is 9.47 Å². The highest BCUT2D eigenvalue weighted by molar-refractivity contribution is 7.81. The van der Waals surface area contributed by atoms with Crippen LogP contribution in [-0.2, 0) is 20.7 Å². The number of hydrogen-bond acceptors (Lipinski definition) is 4. The molecule has 1 fully saturated rings. The average molecular weight is 294 g/mol. The fourth-order valence-corrected chi connectivity index (χ4v) is 2.88. The van der Waals surface area contributed by atoms with Crippen LogP contribution < -0.4 is 0 Å². The van der Waals surface area contributed by atoms with E-state index in [9.17, 15) is 4.79 Å². The summed E-state index contributed by atoms with van der Waals surface area (Å²) in [6, 6.07) is 9.87. The maximum Gasteiger partial charge on any atom is 0.319 e. The molecule has 0 N–H and O–H groups in total. The zero-order valence-corrected chi connectivity index (χ0v) is 12.9. The number of thiol groups is 1. The van der Waals surface area contributed by atoms with E-state index in [0.717, 1.165) is 18.4 Å². The second-order valence-electron chi connectivity index (χ2n) is 5.49. The third-order valence-corrected chi connectivity index (χ3v) is 3.87. The van der Waals surface area contributed by atoms with Gasteiger partial charge in [-0.1, -0.05) is 30.3 Å². The maximum atomic E-state index is 12.1. The summed E-state index contributed by atoms with van der Waals surface area (Å²) in [5.74, 6) is -0.233. The van der Waals surface area contributed by atoms with Gasteiger partial charge in [-0.15, -0.1) is 0 Å². The molecular weight excluding hydrogens is 272 g/mol. The first-order valence-electron chi connectivity index (χ1n) is 7.12. The first-order valence-corrected chi connectivity index (χ1v) is 7.64. The van der Waals surface area contributed by atoms with Crippen LogP contribution in [0.5, 0.6) is 0 Å². The second kappa shape index (κ2) is 7.14. The fraction of sp³-hybridized carbons (Fsp3) is 0.562. The van der Waals surface area contributed by atoms with Crippen LogP contribution in [0.15, 0.2) is 30.3 Å². The van der Waals surface area contributed by atoms with Crippen molar-refractivity contribution in [3.8, 4) is 0 Å². The van der Waals surface area contributed by atoms with Gasteiger partial charge in [-0.05, 0) is 25.8 Å². The Kier molecular flexibility index (Phi) is 5.49. The molecule has 20 heavy (non-hydrogen) atoms. The van der Waals surface area contributed by atoms with Crippen molar-refractivity contribution in [2.24, 2.45) is 0 Å². The second-order valence-corrected chi connectivity index (χ2v) is 6.12. The van der Waals surface area contributed by atoms with E-state index in [1.165, 1.54) is 0 Å². The van der Waals surface area contributed by atoms with E-state index >= 15 is 0 Å². The maximum absolute atomic E-state index is 12.1. The Morgan fingerprint density at radius 3 is 2.50 bits per heavy atom. The van der Waals surface area contributed by atoms with Crippen molar-refractivity contribution in [1.29, 1.82) is 0 Å². The van der Waals surface area contributed by atoms with Crippen molar-refractivity contribution in [2.75, 3.05) is 0 Å². The van der Waals surface area contributed by atoms with Crippen LogP contribution >= 0.6 is 12.6 Å². The summed E-state index contributed by atoms with van der Waals surface area (Å²) in [5.41, 5.74) is 1.10. The SMILES string of the molecule is CC1CC(OC(=O)C(S)Cc2ccccc2)CC(C)O1. The first kappa shape index (κ1) is 15.4. The lowest BCUT2D eigenvalue weighted by Gasteiger charge is -2.32. The highest BCUT2D eigenvalue weighted by atomic mass is 32.1. The Labute approximate surface area is 126 Å². The third-order valence-electron chi connectivity index (χ3n) is 3.48. The first-order chi connectivity index (χ1) is 9.54. The summed E-state index contributed by atoms with van der Waals surface area (Å²) in [6.07, 6.45) is 2.36. The van der Waals surface area contributed by atoms with E-state index in [1.807, 2.05) is 44.2 Å². The standard InChI is InChI=1S/C16H22O3S/c1-11-8-14(9-12(2)18-11)19-16(17)15(20)10-13-6-4-3-5-7-13/h3-7,11-12,14-15,20H,8-10H2,1-2H3. The molecule has 0 spiro atoms. The van der Waals surface area contributed by atoms with E-state index in [-0.39, 0.29) is 24.3 Å². The normalized spacial score (nSPS) is 27.9. The number of esters is 1. The topological polar surface area (TPSA) is 35.5 Å². The molecule has 2 rings (SSSR count). The predicted molar refractivity (Wildman–Crippen MR) is 82.0 cm³/mol. The van der Waals surface area contributed by atoms with Gasteiger partial charge in [-0.25, -0.2) is 0 Å². The lowest BCUT2D eigenvalue weighted by molar-refractivity contribution is -0.158. The van der Waals surface area contributed by atoms with Crippen LogP contribution in [-0.4, -0.2) is 29.5 Å². The summed E-state index contributed by atoms with van der Waals surface area (Å²) in [7, 11) is 0. The van der Waals surface area contributed by atoms with Crippen molar-refractivity contribution < 1.29 is 14.3 Å². The number of benzene rings is 1. The van der Waals surface area contributed by atoms with Crippen LogP contribution in [0.3, 0.4) is 0 Å². The van der Waals surface area contributed by atoms with Gasteiger partial charge in [-0.3, -0.25) is 4.79 Å². The summed E-state index contributed by atoms with van der Waals surface area (Å²) in [6.45, 7) is 4.03. The molecule has 0 amide bonds. The quantitative estimate of drug-likeness (QED) is 0.685. The minimum absolute atomic E-state index is 0.0494. The largest absolute Gasteiger partial charge is 0.461 e. The van der Waals surface area contributed by atoms with Crippen molar-refractivity contribution in [3.63, 3.8) is 0 Å². The van der Waals surface area contributed by atoms with Crippen LogP contribution in [0.2, 0.25) is 0 Å². The van der Waals surface area contributed by atoms with E-state index in [4.69, 9.17) is 9.47 Å². The van der Waals surface area contributed by atoms with Crippen molar-refractivity contribution >= 4 is 18.6 Å². The number of rotatable bonds is 4. The summed E-state index contributed by atoms with van der Waals surface area (Å²) in [5, 5.41) is -0.411. The predicted octanol–water partition coefficient (Wildman–Crippen LogP) is 3.03. The van der Waals surface area contributed by atoms with E-state index in [2.05, 4.69) is 12.6 Å². The fourth-order valence-electron chi connectivity index (χ4n) is 2.60. The molecule has 3 atom stereocenters. The highest BCUT2D eigenvalue weighted by Crippen LogP contribution is 2.22. The minimum atomic E-state index is -0.411. The minimum Gasteiger partial charge on any atom is -0.461 e. The molecular formula is C16H22O3S. The lowest BCUT2D eigenvalue weighted by atomic mass is 10.0. The van der Waals surface area contributed by atoms with E-state index in [0.29, 0.717) is 6.42 Å². The molecule has 1 aromatic carbocycles. The molecule has 0 bridgehead atoms. The molecule has 0 aliphatic carbocycles. The molecule has 1 heterocycles. The molecule has 3 unspecified atom stereocenters. The molecule has 4 heteroatoms. The molecule has 1 saturated heterocycles. The zero-order chi connectivity index (χ0) is 14.5. The van der Waals surface area contributed by atoms with Crippen molar-refractivity contribution in [3.05, 3.63) is 35.9 Å². The van der Waals surface area contributed by atoms with Gasteiger partial charge in [0.15, 0.2) is 0 Å². The van der Waals surface area contributed by atoms with Crippen molar-refractivity contribution in [2.45, 2.75) is 56.7 Å². The average Bonchev–Trinajstić information content (AvgIpc) is 2.38. The lowest BCUT2D eigenvalue weighted by Crippen LogP contribution is -2.37. The molecule has 110 valence electrons. The Bertz CT molecular complexity index is 425. The van der Waals surface area contributed by atoms with Crippen LogP contribution in [0.4, 0.5) is 0 Å². The van der Waals surface area contributed by atoms with Gasteiger partial charge in [0.2, 0.25) is 0 Å². The van der Waals surface area contributed by atoms with E-state index < -0.39 is 5.25 Å². The Balaban J connectivity index is 1.84. The number of ether oxygens (including phenoxy) is 2. The van der Waals surface area contributed by atoms with Crippen LogP contribution in [0.1, 0.15) is 32.3 Å². The van der Waals surface area contributed by atoms with Gasteiger partial charge in [0.1, 0.15) is 11.4 Å². The van der Waals surface area contributed by atoms with Crippen molar-refractivity contribution in [1.82, 2.24) is 0 Å². The Morgan fingerprint density at radius 2 is 1.90 bits per heavy atom. The van der Waals surface area contributed by atoms with Gasteiger partial charge in [-0.2, -0.15) is 12.6 Å². The zero-order valence-electron chi connectivity index (χ0n) is 12.0. The number of carbonyl (C=O) groups is 1. The molecule has 3 nitrogen and oxygen atoms in total. The van der Waals surface area contributed by atoms with Crippen LogP contribution in [0, 0.1) is 0 Å². The smallest absolute Gasteiger partial charge is 0.319 e. The van der Waals surface area contributed by atoms with Gasteiger partial charge >= 0.3 is 5.97 Å². The van der Waals surface area contributed by atoms with Crippen LogP contribution in [0.25, 0.3) is 0 Å². The third kappa shape index (κ3) is 4.53. The molecule has 1 aromatic rings. The van der Waals surface area contributed by atoms with Gasteiger partial charge in [0.25, 0.3) is 0 Å². The summed E-state index contributed by atoms with van der Waals surface area (Å²) < 4.78 is 11.2. The Hall–Kier alpha value is -1.00. The number of carbonyl (C=O) groups excluding carboxylic acids is 1. The molecule has 1 aliphatic heterocycles. The molecule has 0 saturated carbocycles. The Morgan fingerprint density at radius 1 is 1.30 bits per heavy atom. The van der Waals surface area contributed by atoms with Gasteiger partial charge in [0.05, 0.1) is 12.2 Å². The number of hydrogen-bond donors (Lipinski definition) is 1. The highest BCUT2D eigenvalue weighted by Gasteiger charge is 2.28. The molecule has 0 aromatic heterocycles. The molecule has 1 aliphatic rings. The summed E-state index contributed by atoms with van der Waals surface area (Å²) >= 11 is 4.38. The summed E-state index contributed by atoms with van der Waals surface area (Å²) in [4.78, 5) is 12.1. The molecule has 0 radical (unpaired) electrons. The monoisotopic (exact) mass is 294 g/mol. The van der Waals surface area contributed by atoms with Gasteiger partial charge in [0, 0.05) is 12.8 Å². The van der Waals surface area contributed by atoms with E-state index in [1.54, 1.807) is 0 Å².